The molecule has 9 heteroatoms. The van der Waals surface area contributed by atoms with Crippen molar-refractivity contribution >= 4 is 45.4 Å². The molecule has 1 heterocycles. The molecule has 2 aromatic carbocycles. The molecule has 0 unspecified atom stereocenters. The van der Waals surface area contributed by atoms with Crippen LogP contribution in [0.25, 0.3) is 0 Å². The number of hydrogen-bond acceptors (Lipinski definition) is 5. The maximum Gasteiger partial charge on any atom is 0.338 e. The highest BCUT2D eigenvalue weighted by Gasteiger charge is 2.33. The molecule has 2 aromatic rings. The van der Waals surface area contributed by atoms with Crippen molar-refractivity contribution in [1.82, 2.24) is 4.31 Å². The third-order valence-electron chi connectivity index (χ3n) is 4.48. The standard InChI is InChI=1S/C19H18Cl2N2O4S/c20-16-5-7-17(8-6-16)28(25,26)23-11-9-14(10-12-23)19(24)27-22-13-15-3-1-2-4-18(15)21/h1-8,13-14H,9-12H2/b22-13+. The largest absolute Gasteiger partial charge is 0.338 e. The van der Waals surface area contributed by atoms with Crippen LogP contribution in [0, 0.1) is 5.92 Å². The second-order valence-corrected chi connectivity index (χ2v) is 9.08. The topological polar surface area (TPSA) is 76.0 Å². The third kappa shape index (κ3) is 4.91. The summed E-state index contributed by atoms with van der Waals surface area (Å²) >= 11 is 11.8. The van der Waals surface area contributed by atoms with Crippen molar-refractivity contribution < 1.29 is 18.0 Å². The molecule has 0 saturated carbocycles. The maximum atomic E-state index is 12.7. The summed E-state index contributed by atoms with van der Waals surface area (Å²) in [6, 6.07) is 13.1. The molecule has 0 amide bonds. The van der Waals surface area contributed by atoms with Gasteiger partial charge in [0.1, 0.15) is 0 Å². The second-order valence-electron chi connectivity index (χ2n) is 6.30. The summed E-state index contributed by atoms with van der Waals surface area (Å²) in [4.78, 5) is 17.3. The first-order valence-corrected chi connectivity index (χ1v) is 10.8. The van der Waals surface area contributed by atoms with E-state index in [1.165, 1.54) is 34.8 Å². The molecule has 0 atom stereocenters. The fourth-order valence-electron chi connectivity index (χ4n) is 2.88. The summed E-state index contributed by atoms with van der Waals surface area (Å²) in [5, 5.41) is 4.67. The van der Waals surface area contributed by atoms with Gasteiger partial charge in [-0.3, -0.25) is 0 Å². The van der Waals surface area contributed by atoms with Crippen LogP contribution in [0.4, 0.5) is 0 Å². The monoisotopic (exact) mass is 440 g/mol. The lowest BCUT2D eigenvalue weighted by Gasteiger charge is -2.29. The molecule has 28 heavy (non-hydrogen) atoms. The lowest BCUT2D eigenvalue weighted by atomic mass is 9.99. The van der Waals surface area contributed by atoms with E-state index in [2.05, 4.69) is 5.16 Å². The van der Waals surface area contributed by atoms with Crippen molar-refractivity contribution in [3.63, 3.8) is 0 Å². The normalized spacial score (nSPS) is 16.4. The summed E-state index contributed by atoms with van der Waals surface area (Å²) in [7, 11) is -3.61. The smallest absolute Gasteiger partial charge is 0.318 e. The quantitative estimate of drug-likeness (QED) is 0.400. The van der Waals surface area contributed by atoms with E-state index in [-0.39, 0.29) is 18.0 Å². The van der Waals surface area contributed by atoms with Crippen molar-refractivity contribution in [2.24, 2.45) is 11.1 Å². The van der Waals surface area contributed by atoms with E-state index in [9.17, 15) is 13.2 Å². The SMILES string of the molecule is O=C(O/N=C/c1ccccc1Cl)C1CCN(S(=O)(=O)c2ccc(Cl)cc2)CC1. The molecule has 3 rings (SSSR count). The summed E-state index contributed by atoms with van der Waals surface area (Å²) in [6.07, 6.45) is 2.11. The molecule has 0 N–H and O–H groups in total. The highest BCUT2D eigenvalue weighted by Crippen LogP contribution is 2.25. The number of benzene rings is 2. The lowest BCUT2D eigenvalue weighted by Crippen LogP contribution is -2.40. The van der Waals surface area contributed by atoms with Crippen LogP contribution in [0.5, 0.6) is 0 Å². The average Bonchev–Trinajstić information content (AvgIpc) is 2.70. The number of carbonyl (C=O) groups is 1. The van der Waals surface area contributed by atoms with Gasteiger partial charge >= 0.3 is 5.97 Å². The molecule has 148 valence electrons. The molecule has 0 radical (unpaired) electrons. The number of nitrogens with zero attached hydrogens (tertiary/aromatic N) is 2. The van der Waals surface area contributed by atoms with Crippen LogP contribution in [-0.2, 0) is 19.7 Å². The van der Waals surface area contributed by atoms with E-state index in [0.29, 0.717) is 28.5 Å². The predicted octanol–water partition coefficient (Wildman–Crippen LogP) is 3.97. The average molecular weight is 441 g/mol. The molecular formula is C19H18Cl2N2O4S. The number of oxime groups is 1. The number of sulfonamides is 1. The van der Waals surface area contributed by atoms with Gasteiger partial charge in [0.15, 0.2) is 0 Å². The molecule has 0 aromatic heterocycles. The minimum atomic E-state index is -3.61. The molecule has 1 fully saturated rings. The van der Waals surface area contributed by atoms with Gasteiger partial charge in [0, 0.05) is 28.7 Å². The molecular weight excluding hydrogens is 423 g/mol. The zero-order valence-corrected chi connectivity index (χ0v) is 17.1. The minimum Gasteiger partial charge on any atom is -0.318 e. The van der Waals surface area contributed by atoms with Gasteiger partial charge in [0.25, 0.3) is 0 Å². The Bertz CT molecular complexity index is 970. The first-order valence-electron chi connectivity index (χ1n) is 8.62. The van der Waals surface area contributed by atoms with Crippen molar-refractivity contribution in [2.75, 3.05) is 13.1 Å². The van der Waals surface area contributed by atoms with Gasteiger partial charge in [-0.25, -0.2) is 13.2 Å². The van der Waals surface area contributed by atoms with E-state index in [1.807, 2.05) is 0 Å². The Kier molecular flexibility index (Phi) is 6.72. The highest BCUT2D eigenvalue weighted by atomic mass is 35.5. The Morgan fingerprint density at radius 2 is 1.71 bits per heavy atom. The van der Waals surface area contributed by atoms with Crippen LogP contribution in [-0.4, -0.2) is 38.0 Å². The molecule has 1 aliphatic rings. The van der Waals surface area contributed by atoms with Gasteiger partial charge in [-0.1, -0.05) is 46.6 Å². The van der Waals surface area contributed by atoms with E-state index >= 15 is 0 Å². The molecule has 1 saturated heterocycles. The van der Waals surface area contributed by atoms with Crippen LogP contribution in [0.2, 0.25) is 10.0 Å². The fraction of sp³-hybridized carbons (Fsp3) is 0.263. The van der Waals surface area contributed by atoms with Gasteiger partial charge < -0.3 is 4.84 Å². The maximum absolute atomic E-state index is 12.7. The predicted molar refractivity (Wildman–Crippen MR) is 108 cm³/mol. The van der Waals surface area contributed by atoms with Crippen LogP contribution in [0.15, 0.2) is 58.6 Å². The van der Waals surface area contributed by atoms with E-state index in [1.54, 1.807) is 24.3 Å². The van der Waals surface area contributed by atoms with Gasteiger partial charge in [0.2, 0.25) is 10.0 Å². The summed E-state index contributed by atoms with van der Waals surface area (Å²) < 4.78 is 26.7. The van der Waals surface area contributed by atoms with Crippen LogP contribution >= 0.6 is 23.2 Å². The number of carbonyl (C=O) groups excluding carboxylic acids is 1. The number of hydrogen-bond donors (Lipinski definition) is 0. The Hall–Kier alpha value is -1.93. The van der Waals surface area contributed by atoms with Crippen molar-refractivity contribution in [3.05, 3.63) is 64.1 Å². The molecule has 0 bridgehead atoms. The van der Waals surface area contributed by atoms with Gasteiger partial charge in [-0.15, -0.1) is 0 Å². The van der Waals surface area contributed by atoms with Gasteiger partial charge in [-0.2, -0.15) is 4.31 Å². The first kappa shape index (κ1) is 20.8. The first-order chi connectivity index (χ1) is 13.4. The van der Waals surface area contributed by atoms with Gasteiger partial charge in [-0.05, 0) is 43.2 Å². The zero-order chi connectivity index (χ0) is 20.1. The Balaban J connectivity index is 1.55. The fourth-order valence-corrected chi connectivity index (χ4v) is 4.66. The lowest BCUT2D eigenvalue weighted by molar-refractivity contribution is -0.149. The number of halogens is 2. The Morgan fingerprint density at radius 1 is 1.07 bits per heavy atom. The minimum absolute atomic E-state index is 0.183. The van der Waals surface area contributed by atoms with Crippen molar-refractivity contribution in [2.45, 2.75) is 17.7 Å². The number of piperidine rings is 1. The summed E-state index contributed by atoms with van der Waals surface area (Å²) in [6.45, 7) is 0.470. The molecule has 6 nitrogen and oxygen atoms in total. The van der Waals surface area contributed by atoms with Crippen molar-refractivity contribution in [1.29, 1.82) is 0 Å². The van der Waals surface area contributed by atoms with E-state index < -0.39 is 21.9 Å². The highest BCUT2D eigenvalue weighted by molar-refractivity contribution is 7.89. The van der Waals surface area contributed by atoms with Crippen LogP contribution < -0.4 is 0 Å². The van der Waals surface area contributed by atoms with E-state index in [0.717, 1.165) is 0 Å². The second kappa shape index (κ2) is 9.05. The Morgan fingerprint density at radius 3 is 2.36 bits per heavy atom. The van der Waals surface area contributed by atoms with Crippen LogP contribution in [0.1, 0.15) is 18.4 Å². The number of rotatable bonds is 5. The Labute approximate surface area is 173 Å². The van der Waals surface area contributed by atoms with Crippen LogP contribution in [0.3, 0.4) is 0 Å². The molecule has 0 spiro atoms. The third-order valence-corrected chi connectivity index (χ3v) is 6.99. The van der Waals surface area contributed by atoms with Gasteiger partial charge in [0.05, 0.1) is 17.0 Å². The van der Waals surface area contributed by atoms with Crippen molar-refractivity contribution in [3.8, 4) is 0 Å². The summed E-state index contributed by atoms with van der Waals surface area (Å²) in [5.74, 6) is -0.882. The molecule has 1 aliphatic heterocycles. The zero-order valence-electron chi connectivity index (χ0n) is 14.8. The van der Waals surface area contributed by atoms with E-state index in [4.69, 9.17) is 28.0 Å². The molecule has 0 aliphatic carbocycles. The summed E-state index contributed by atoms with van der Waals surface area (Å²) in [5.41, 5.74) is 0.640.